The molecule has 0 aliphatic heterocycles. The number of benzene rings is 1. The smallest absolute Gasteiger partial charge is 0.256 e. The number of halogens is 1. The van der Waals surface area contributed by atoms with Crippen LogP contribution in [0.5, 0.6) is 0 Å². The number of amides is 2. The third kappa shape index (κ3) is 3.80. The van der Waals surface area contributed by atoms with E-state index in [4.69, 9.17) is 0 Å². The van der Waals surface area contributed by atoms with E-state index in [-0.39, 0.29) is 11.8 Å². The highest BCUT2D eigenvalue weighted by Gasteiger charge is 2.10. The van der Waals surface area contributed by atoms with E-state index in [0.717, 1.165) is 2.88 Å². The van der Waals surface area contributed by atoms with Crippen molar-refractivity contribution in [3.63, 3.8) is 0 Å². The monoisotopic (exact) mass is 400 g/mol. The standard InChI is InChI=1S/C14H13IN2O2S/c1-2-16-13(18)9-4-3-5-11(6-9)17-14(19)10-7-12(15)20-8-10/h3-8H,2H2,1H3,(H,16,18)(H,17,19). The minimum atomic E-state index is -0.169. The van der Waals surface area contributed by atoms with Gasteiger partial charge >= 0.3 is 0 Å². The lowest BCUT2D eigenvalue weighted by Gasteiger charge is -2.06. The Balaban J connectivity index is 2.12. The maximum Gasteiger partial charge on any atom is 0.256 e. The Morgan fingerprint density at radius 1 is 1.20 bits per heavy atom. The van der Waals surface area contributed by atoms with Gasteiger partial charge in [0.1, 0.15) is 0 Å². The molecular formula is C14H13IN2O2S. The molecule has 0 saturated carbocycles. The first kappa shape index (κ1) is 15.0. The van der Waals surface area contributed by atoms with Gasteiger partial charge in [-0.1, -0.05) is 6.07 Å². The second-order valence-corrected chi connectivity index (χ2v) is 6.84. The first-order valence-electron chi connectivity index (χ1n) is 6.04. The zero-order chi connectivity index (χ0) is 14.5. The molecule has 0 spiro atoms. The van der Waals surface area contributed by atoms with Gasteiger partial charge in [-0.25, -0.2) is 0 Å². The lowest BCUT2D eigenvalue weighted by Crippen LogP contribution is -2.22. The van der Waals surface area contributed by atoms with Crippen LogP contribution >= 0.6 is 33.9 Å². The molecule has 6 heteroatoms. The SMILES string of the molecule is CCNC(=O)c1cccc(NC(=O)c2csc(I)c2)c1. The van der Waals surface area contributed by atoms with Gasteiger partial charge in [0.05, 0.1) is 8.45 Å². The van der Waals surface area contributed by atoms with Crippen molar-refractivity contribution in [3.05, 3.63) is 49.7 Å². The van der Waals surface area contributed by atoms with Crippen LogP contribution in [0, 0.1) is 2.88 Å². The van der Waals surface area contributed by atoms with Crippen molar-refractivity contribution in [1.29, 1.82) is 0 Å². The molecule has 0 aliphatic carbocycles. The summed E-state index contributed by atoms with van der Waals surface area (Å²) in [7, 11) is 0. The van der Waals surface area contributed by atoms with Gasteiger partial charge in [0.25, 0.3) is 11.8 Å². The molecule has 0 atom stereocenters. The maximum absolute atomic E-state index is 12.0. The Morgan fingerprint density at radius 3 is 2.65 bits per heavy atom. The summed E-state index contributed by atoms with van der Waals surface area (Å²) in [5, 5.41) is 7.33. The topological polar surface area (TPSA) is 58.2 Å². The lowest BCUT2D eigenvalue weighted by atomic mass is 10.2. The van der Waals surface area contributed by atoms with Gasteiger partial charge in [-0.15, -0.1) is 11.3 Å². The second-order valence-electron chi connectivity index (χ2n) is 4.03. The van der Waals surface area contributed by atoms with Crippen molar-refractivity contribution in [2.24, 2.45) is 0 Å². The van der Waals surface area contributed by atoms with E-state index in [1.165, 1.54) is 11.3 Å². The van der Waals surface area contributed by atoms with Crippen LogP contribution < -0.4 is 10.6 Å². The molecule has 0 unspecified atom stereocenters. The van der Waals surface area contributed by atoms with E-state index < -0.39 is 0 Å². The lowest BCUT2D eigenvalue weighted by molar-refractivity contribution is 0.0954. The predicted molar refractivity (Wildman–Crippen MR) is 89.4 cm³/mol. The molecule has 1 heterocycles. The molecule has 2 amide bonds. The molecule has 1 aromatic heterocycles. The van der Waals surface area contributed by atoms with Crippen LogP contribution in [-0.4, -0.2) is 18.4 Å². The first-order valence-corrected chi connectivity index (χ1v) is 7.99. The summed E-state index contributed by atoms with van der Waals surface area (Å²) in [6.07, 6.45) is 0. The molecule has 2 aromatic rings. The zero-order valence-electron chi connectivity index (χ0n) is 10.8. The van der Waals surface area contributed by atoms with E-state index in [0.29, 0.717) is 23.4 Å². The maximum atomic E-state index is 12.0. The minimum absolute atomic E-state index is 0.145. The molecule has 0 bridgehead atoms. The highest BCUT2D eigenvalue weighted by atomic mass is 127. The van der Waals surface area contributed by atoms with Crippen LogP contribution in [-0.2, 0) is 0 Å². The van der Waals surface area contributed by atoms with Crippen LogP contribution in [0.4, 0.5) is 5.69 Å². The third-order valence-electron chi connectivity index (χ3n) is 2.55. The van der Waals surface area contributed by atoms with Gasteiger partial charge in [0.2, 0.25) is 0 Å². The number of carbonyl (C=O) groups excluding carboxylic acids is 2. The summed E-state index contributed by atoms with van der Waals surface area (Å²) < 4.78 is 1.06. The highest BCUT2D eigenvalue weighted by molar-refractivity contribution is 14.1. The van der Waals surface area contributed by atoms with Gasteiger partial charge in [-0.05, 0) is 53.8 Å². The number of carbonyl (C=O) groups is 2. The average molecular weight is 400 g/mol. The Kier molecular flexibility index (Phi) is 5.13. The molecule has 0 saturated heterocycles. The van der Waals surface area contributed by atoms with Crippen molar-refractivity contribution in [2.75, 3.05) is 11.9 Å². The Bertz CT molecular complexity index is 640. The van der Waals surface area contributed by atoms with Crippen molar-refractivity contribution in [1.82, 2.24) is 5.32 Å². The molecule has 1 aromatic carbocycles. The van der Waals surface area contributed by atoms with Crippen LogP contribution in [0.2, 0.25) is 0 Å². The number of hydrogen-bond donors (Lipinski definition) is 2. The summed E-state index contributed by atoms with van der Waals surface area (Å²) >= 11 is 3.69. The van der Waals surface area contributed by atoms with Gasteiger partial charge in [0, 0.05) is 23.2 Å². The van der Waals surface area contributed by atoms with E-state index in [9.17, 15) is 9.59 Å². The van der Waals surface area contributed by atoms with E-state index >= 15 is 0 Å². The van der Waals surface area contributed by atoms with Gasteiger partial charge < -0.3 is 10.6 Å². The Hall–Kier alpha value is -1.41. The summed E-state index contributed by atoms with van der Waals surface area (Å²) in [6.45, 7) is 2.43. The molecule has 0 fully saturated rings. The highest BCUT2D eigenvalue weighted by Crippen LogP contribution is 2.18. The fourth-order valence-electron chi connectivity index (χ4n) is 1.63. The molecule has 4 nitrogen and oxygen atoms in total. The van der Waals surface area contributed by atoms with Crippen molar-refractivity contribution in [3.8, 4) is 0 Å². The van der Waals surface area contributed by atoms with E-state index in [2.05, 4.69) is 33.2 Å². The summed E-state index contributed by atoms with van der Waals surface area (Å²) in [6, 6.07) is 8.72. The van der Waals surface area contributed by atoms with Crippen LogP contribution in [0.15, 0.2) is 35.7 Å². The number of nitrogens with one attached hydrogen (secondary N) is 2. The second kappa shape index (κ2) is 6.85. The quantitative estimate of drug-likeness (QED) is 0.774. The average Bonchev–Trinajstić information content (AvgIpc) is 2.86. The minimum Gasteiger partial charge on any atom is -0.352 e. The molecule has 104 valence electrons. The van der Waals surface area contributed by atoms with Crippen molar-refractivity contribution in [2.45, 2.75) is 6.92 Å². The molecule has 2 N–H and O–H groups in total. The molecular weight excluding hydrogens is 387 g/mol. The fourth-order valence-corrected chi connectivity index (χ4v) is 2.96. The van der Waals surface area contributed by atoms with Crippen LogP contribution in [0.25, 0.3) is 0 Å². The fraction of sp³-hybridized carbons (Fsp3) is 0.143. The number of thiophene rings is 1. The third-order valence-corrected chi connectivity index (χ3v) is 4.34. The van der Waals surface area contributed by atoms with Gasteiger partial charge in [-0.3, -0.25) is 9.59 Å². The number of rotatable bonds is 4. The Morgan fingerprint density at radius 2 is 2.00 bits per heavy atom. The van der Waals surface area contributed by atoms with Crippen molar-refractivity contribution < 1.29 is 9.59 Å². The van der Waals surface area contributed by atoms with Crippen LogP contribution in [0.1, 0.15) is 27.6 Å². The number of hydrogen-bond acceptors (Lipinski definition) is 3. The Labute approximate surface area is 134 Å². The molecule has 20 heavy (non-hydrogen) atoms. The first-order chi connectivity index (χ1) is 9.60. The number of anilines is 1. The van der Waals surface area contributed by atoms with Gasteiger partial charge in [0.15, 0.2) is 0 Å². The largest absolute Gasteiger partial charge is 0.352 e. The summed E-state index contributed by atoms with van der Waals surface area (Å²) in [5.41, 5.74) is 1.77. The normalized spacial score (nSPS) is 10.1. The van der Waals surface area contributed by atoms with Gasteiger partial charge in [-0.2, -0.15) is 0 Å². The predicted octanol–water partition coefficient (Wildman–Crippen LogP) is 3.35. The molecule has 0 aliphatic rings. The molecule has 2 rings (SSSR count). The van der Waals surface area contributed by atoms with E-state index in [1.54, 1.807) is 24.3 Å². The summed E-state index contributed by atoms with van der Waals surface area (Å²) in [4.78, 5) is 23.8. The zero-order valence-corrected chi connectivity index (χ0v) is 13.7. The van der Waals surface area contributed by atoms with Crippen molar-refractivity contribution >= 4 is 51.4 Å². The summed E-state index contributed by atoms with van der Waals surface area (Å²) in [5.74, 6) is -0.314. The van der Waals surface area contributed by atoms with Crippen LogP contribution in [0.3, 0.4) is 0 Å². The van der Waals surface area contributed by atoms with E-state index in [1.807, 2.05) is 18.4 Å². The molecule has 0 radical (unpaired) electrons.